The Hall–Kier alpha value is -2.34. The van der Waals surface area contributed by atoms with Gasteiger partial charge in [-0.1, -0.05) is 6.07 Å². The topological polar surface area (TPSA) is 61.6 Å². The molecule has 0 fully saturated rings. The molecule has 0 saturated carbocycles. The lowest BCUT2D eigenvalue weighted by Crippen LogP contribution is -2.02. The van der Waals surface area contributed by atoms with Gasteiger partial charge in [-0.3, -0.25) is 0 Å². The molecule has 0 amide bonds. The van der Waals surface area contributed by atoms with E-state index in [1.54, 1.807) is 12.1 Å². The first kappa shape index (κ1) is 10.6. The first-order chi connectivity index (χ1) is 9.31. The van der Waals surface area contributed by atoms with Crippen LogP contribution in [0.4, 0.5) is 0 Å². The number of thiophene rings is 1. The quantitative estimate of drug-likeness (QED) is 0.682. The van der Waals surface area contributed by atoms with Gasteiger partial charge in [0.05, 0.1) is 15.8 Å². The largest absolute Gasteiger partial charge is 0.454 e. The van der Waals surface area contributed by atoms with E-state index in [4.69, 9.17) is 13.9 Å². The van der Waals surface area contributed by atoms with Gasteiger partial charge in [0.15, 0.2) is 11.5 Å². The maximum Gasteiger partial charge on any atom is 0.347 e. The summed E-state index contributed by atoms with van der Waals surface area (Å²) in [6.45, 7) is 0.161. The Balaban J connectivity index is 2.01. The van der Waals surface area contributed by atoms with Gasteiger partial charge >= 0.3 is 5.63 Å². The van der Waals surface area contributed by atoms with Crippen molar-refractivity contribution in [3.8, 4) is 22.3 Å². The highest BCUT2D eigenvalue weighted by Crippen LogP contribution is 2.35. The smallest absolute Gasteiger partial charge is 0.347 e. The number of aromatic nitrogens is 1. The van der Waals surface area contributed by atoms with Gasteiger partial charge < -0.3 is 13.9 Å². The Morgan fingerprint density at radius 3 is 2.84 bits per heavy atom. The summed E-state index contributed by atoms with van der Waals surface area (Å²) in [6.07, 6.45) is 0. The second-order valence-corrected chi connectivity index (χ2v) is 4.95. The number of fused-ring (bicyclic) bond motifs is 2. The van der Waals surface area contributed by atoms with E-state index in [-0.39, 0.29) is 6.79 Å². The van der Waals surface area contributed by atoms with E-state index >= 15 is 0 Å². The lowest BCUT2D eigenvalue weighted by Gasteiger charge is -2.01. The number of ether oxygens (including phenoxy) is 2. The molecule has 2 aromatic heterocycles. The van der Waals surface area contributed by atoms with Crippen molar-refractivity contribution < 1.29 is 13.9 Å². The fourth-order valence-electron chi connectivity index (χ4n) is 1.97. The molecule has 1 aromatic carbocycles. The highest BCUT2D eigenvalue weighted by molar-refractivity contribution is 7.13. The summed E-state index contributed by atoms with van der Waals surface area (Å²) in [4.78, 5) is 17.2. The minimum atomic E-state index is -0.424. The lowest BCUT2D eigenvalue weighted by atomic mass is 10.2. The highest BCUT2D eigenvalue weighted by atomic mass is 32.1. The Kier molecular flexibility index (Phi) is 2.13. The summed E-state index contributed by atoms with van der Waals surface area (Å²) < 4.78 is 15.8. The molecule has 0 spiro atoms. The Morgan fingerprint density at radius 2 is 2.05 bits per heavy atom. The van der Waals surface area contributed by atoms with Crippen LogP contribution >= 0.6 is 11.3 Å². The summed E-state index contributed by atoms with van der Waals surface area (Å²) >= 11 is 1.47. The van der Waals surface area contributed by atoms with Crippen LogP contribution in [0.5, 0.6) is 11.5 Å². The third-order valence-electron chi connectivity index (χ3n) is 2.85. The van der Waals surface area contributed by atoms with Crippen molar-refractivity contribution in [3.05, 3.63) is 40.1 Å². The van der Waals surface area contributed by atoms with Crippen LogP contribution in [0.2, 0.25) is 0 Å². The van der Waals surface area contributed by atoms with E-state index in [0.717, 1.165) is 4.88 Å². The number of rotatable bonds is 1. The fourth-order valence-corrected chi connectivity index (χ4v) is 2.62. The first-order valence-corrected chi connectivity index (χ1v) is 6.47. The van der Waals surface area contributed by atoms with E-state index in [1.807, 2.05) is 17.5 Å². The molecule has 5 nitrogen and oxygen atoms in total. The zero-order valence-electron chi connectivity index (χ0n) is 9.58. The standard InChI is InChI=1S/C13H7NO4S/c15-13-7-4-9-10(17-6-16-9)5-8(7)14-12(18-13)11-2-1-3-19-11/h1-5H,6H2. The van der Waals surface area contributed by atoms with Crippen LogP contribution in [-0.4, -0.2) is 11.8 Å². The molecular formula is C13H7NO4S. The van der Waals surface area contributed by atoms with Gasteiger partial charge in [0, 0.05) is 12.1 Å². The normalized spacial score (nSPS) is 13.1. The third-order valence-corrected chi connectivity index (χ3v) is 3.71. The van der Waals surface area contributed by atoms with Gasteiger partial charge in [-0.15, -0.1) is 11.3 Å². The second kappa shape index (κ2) is 3.83. The van der Waals surface area contributed by atoms with Crippen LogP contribution in [0.15, 0.2) is 38.9 Å². The average molecular weight is 273 g/mol. The average Bonchev–Trinajstić information content (AvgIpc) is 3.07. The molecule has 3 heterocycles. The summed E-state index contributed by atoms with van der Waals surface area (Å²) in [7, 11) is 0. The van der Waals surface area contributed by atoms with Crippen molar-refractivity contribution in [2.75, 3.05) is 6.79 Å². The monoisotopic (exact) mass is 273 g/mol. The predicted octanol–water partition coefficient (Wildman–Crippen LogP) is 2.65. The van der Waals surface area contributed by atoms with E-state index < -0.39 is 5.63 Å². The summed E-state index contributed by atoms with van der Waals surface area (Å²) in [5.74, 6) is 1.47. The molecule has 19 heavy (non-hydrogen) atoms. The molecule has 1 aliphatic rings. The van der Waals surface area contributed by atoms with Crippen molar-refractivity contribution >= 4 is 22.2 Å². The van der Waals surface area contributed by atoms with Gasteiger partial charge in [-0.05, 0) is 11.4 Å². The molecule has 0 aliphatic carbocycles. The zero-order valence-corrected chi connectivity index (χ0v) is 10.4. The minimum absolute atomic E-state index is 0.161. The second-order valence-electron chi connectivity index (χ2n) is 4.01. The zero-order chi connectivity index (χ0) is 12.8. The number of hydrogen-bond donors (Lipinski definition) is 0. The third kappa shape index (κ3) is 1.61. The van der Waals surface area contributed by atoms with Crippen LogP contribution in [-0.2, 0) is 0 Å². The SMILES string of the molecule is O=c1oc(-c2cccs2)nc2cc3c(cc12)OCO3. The Bertz CT molecular complexity index is 823. The van der Waals surface area contributed by atoms with Crippen LogP contribution < -0.4 is 15.1 Å². The summed E-state index contributed by atoms with van der Waals surface area (Å²) in [5, 5.41) is 2.30. The van der Waals surface area contributed by atoms with Crippen LogP contribution in [0.25, 0.3) is 21.7 Å². The van der Waals surface area contributed by atoms with Gasteiger partial charge in [0.2, 0.25) is 12.7 Å². The molecule has 0 atom stereocenters. The summed E-state index contributed by atoms with van der Waals surface area (Å²) in [6, 6.07) is 7.04. The molecule has 94 valence electrons. The molecule has 0 N–H and O–H groups in total. The van der Waals surface area contributed by atoms with Crippen molar-refractivity contribution in [3.63, 3.8) is 0 Å². The minimum Gasteiger partial charge on any atom is -0.454 e. The maximum atomic E-state index is 12.0. The molecule has 0 radical (unpaired) electrons. The van der Waals surface area contributed by atoms with Crippen molar-refractivity contribution in [1.82, 2.24) is 4.98 Å². The number of hydrogen-bond acceptors (Lipinski definition) is 6. The molecular weight excluding hydrogens is 266 g/mol. The maximum absolute atomic E-state index is 12.0. The molecule has 0 unspecified atom stereocenters. The van der Waals surface area contributed by atoms with Gasteiger partial charge in [-0.2, -0.15) is 0 Å². The molecule has 6 heteroatoms. The van der Waals surface area contributed by atoms with Crippen LogP contribution in [0.1, 0.15) is 0 Å². The molecule has 3 aromatic rings. The van der Waals surface area contributed by atoms with Crippen LogP contribution in [0.3, 0.4) is 0 Å². The van der Waals surface area contributed by atoms with Gasteiger partial charge in [0.25, 0.3) is 0 Å². The summed E-state index contributed by atoms with van der Waals surface area (Å²) in [5.41, 5.74) is 0.121. The van der Waals surface area contributed by atoms with Crippen LogP contribution in [0, 0.1) is 0 Å². The fraction of sp³-hybridized carbons (Fsp3) is 0.0769. The van der Waals surface area contributed by atoms with Crippen molar-refractivity contribution in [2.24, 2.45) is 0 Å². The van der Waals surface area contributed by atoms with Crippen molar-refractivity contribution in [1.29, 1.82) is 0 Å². The predicted molar refractivity (Wildman–Crippen MR) is 69.7 cm³/mol. The van der Waals surface area contributed by atoms with E-state index in [2.05, 4.69) is 4.98 Å². The molecule has 0 saturated heterocycles. The number of benzene rings is 1. The van der Waals surface area contributed by atoms with Gasteiger partial charge in [-0.25, -0.2) is 9.78 Å². The molecule has 0 bridgehead atoms. The first-order valence-electron chi connectivity index (χ1n) is 5.60. The highest BCUT2D eigenvalue weighted by Gasteiger charge is 2.18. The van der Waals surface area contributed by atoms with E-state index in [0.29, 0.717) is 28.3 Å². The Morgan fingerprint density at radius 1 is 1.21 bits per heavy atom. The Labute approximate surface area is 111 Å². The molecule has 4 rings (SSSR count). The van der Waals surface area contributed by atoms with E-state index in [9.17, 15) is 4.79 Å². The van der Waals surface area contributed by atoms with Crippen molar-refractivity contribution in [2.45, 2.75) is 0 Å². The lowest BCUT2D eigenvalue weighted by molar-refractivity contribution is 0.174. The molecule has 1 aliphatic heterocycles. The van der Waals surface area contributed by atoms with E-state index in [1.165, 1.54) is 11.3 Å². The number of nitrogens with zero attached hydrogens (tertiary/aromatic N) is 1. The van der Waals surface area contributed by atoms with Gasteiger partial charge in [0.1, 0.15) is 0 Å².